The fourth-order valence-corrected chi connectivity index (χ4v) is 3.14. The van der Waals surface area contributed by atoms with E-state index in [1.165, 1.54) is 11.7 Å². The van der Waals surface area contributed by atoms with Crippen LogP contribution in [0.5, 0.6) is 0 Å². The number of imidazole rings is 1. The predicted octanol–water partition coefficient (Wildman–Crippen LogP) is -2.09. The Bertz CT molecular complexity index is 1070. The van der Waals surface area contributed by atoms with Crippen molar-refractivity contribution in [2.45, 2.75) is 32.2 Å². The molecule has 0 bridgehead atoms. The number of aliphatic hydroxyl groups excluding tert-OH is 2. The lowest BCUT2D eigenvalue weighted by atomic mass is 10.3. The van der Waals surface area contributed by atoms with Gasteiger partial charge in [-0.05, 0) is 6.42 Å². The quantitative estimate of drug-likeness (QED) is 0.553. The maximum Gasteiger partial charge on any atom is 0.332 e. The number of hydrogen-bond donors (Lipinski definition) is 2. The van der Waals surface area contributed by atoms with Gasteiger partial charge in [-0.3, -0.25) is 13.9 Å². The number of aliphatic hydroxyl groups is 2. The van der Waals surface area contributed by atoms with Crippen LogP contribution in [-0.2, 0) is 26.7 Å². The van der Waals surface area contributed by atoms with Crippen LogP contribution in [0.2, 0.25) is 0 Å². The van der Waals surface area contributed by atoms with Crippen molar-refractivity contribution in [2.24, 2.45) is 7.05 Å². The summed E-state index contributed by atoms with van der Waals surface area (Å²) in [6.07, 6.45) is 1.39. The summed E-state index contributed by atoms with van der Waals surface area (Å²) >= 11 is 0. The highest BCUT2D eigenvalue weighted by molar-refractivity contribution is 5.76. The lowest BCUT2D eigenvalue weighted by Crippen LogP contribution is -2.40. The first kappa shape index (κ1) is 15.7. The fraction of sp³-hybridized carbons (Fsp3) is 0.500. The van der Waals surface area contributed by atoms with Crippen molar-refractivity contribution in [2.75, 3.05) is 6.61 Å². The van der Waals surface area contributed by atoms with E-state index in [1.807, 2.05) is 0 Å². The second kappa shape index (κ2) is 5.63. The highest BCUT2D eigenvalue weighted by Crippen LogP contribution is 2.24. The summed E-state index contributed by atoms with van der Waals surface area (Å²) in [6, 6.07) is 0. The maximum absolute atomic E-state index is 12.4. The van der Waals surface area contributed by atoms with E-state index in [1.54, 1.807) is 15.3 Å². The highest BCUT2D eigenvalue weighted by atomic mass is 16.3. The lowest BCUT2D eigenvalue weighted by Gasteiger charge is -2.18. The average molecular weight is 347 g/mol. The number of nitrogens with zero attached hydrogens (tertiary/aromatic N) is 7. The molecule has 0 saturated heterocycles. The van der Waals surface area contributed by atoms with Crippen LogP contribution in [0.25, 0.3) is 22.7 Å². The van der Waals surface area contributed by atoms with Crippen LogP contribution in [0, 0.1) is 0 Å². The molecule has 1 aliphatic heterocycles. The molecular weight excluding hydrogens is 330 g/mol. The van der Waals surface area contributed by atoms with Gasteiger partial charge < -0.3 is 14.8 Å². The first-order valence-electron chi connectivity index (χ1n) is 7.90. The van der Waals surface area contributed by atoms with Gasteiger partial charge in [0.1, 0.15) is 5.69 Å². The van der Waals surface area contributed by atoms with Gasteiger partial charge in [-0.1, -0.05) is 5.21 Å². The molecule has 0 aliphatic carbocycles. The van der Waals surface area contributed by atoms with Crippen molar-refractivity contribution in [3.8, 4) is 11.5 Å². The summed E-state index contributed by atoms with van der Waals surface area (Å²) in [7, 11) is 1.44. The molecule has 11 heteroatoms. The molecule has 0 amide bonds. The molecule has 1 aliphatic rings. The van der Waals surface area contributed by atoms with Gasteiger partial charge in [0.2, 0.25) is 0 Å². The smallest absolute Gasteiger partial charge is 0.332 e. The zero-order valence-corrected chi connectivity index (χ0v) is 13.5. The van der Waals surface area contributed by atoms with Crippen molar-refractivity contribution in [1.29, 1.82) is 0 Å². The third kappa shape index (κ3) is 2.31. The van der Waals surface area contributed by atoms with Crippen LogP contribution in [0.4, 0.5) is 0 Å². The molecule has 3 aromatic heterocycles. The third-order valence-corrected chi connectivity index (χ3v) is 4.36. The van der Waals surface area contributed by atoms with Crippen molar-refractivity contribution < 1.29 is 10.2 Å². The molecule has 1 unspecified atom stereocenters. The van der Waals surface area contributed by atoms with Gasteiger partial charge >= 0.3 is 5.69 Å². The van der Waals surface area contributed by atoms with Crippen molar-refractivity contribution >= 4 is 11.2 Å². The second-order valence-corrected chi connectivity index (χ2v) is 6.07. The molecule has 132 valence electrons. The zero-order chi connectivity index (χ0) is 17.7. The molecule has 11 nitrogen and oxygen atoms in total. The van der Waals surface area contributed by atoms with Gasteiger partial charge in [0.15, 0.2) is 17.0 Å². The van der Waals surface area contributed by atoms with E-state index in [0.717, 1.165) is 11.0 Å². The van der Waals surface area contributed by atoms with Gasteiger partial charge in [0, 0.05) is 20.1 Å². The lowest BCUT2D eigenvalue weighted by molar-refractivity contribution is 0.0778. The molecular formula is C14H17N7O4. The Hall–Kier alpha value is -2.79. The molecule has 25 heavy (non-hydrogen) atoms. The van der Waals surface area contributed by atoms with Crippen LogP contribution in [0.3, 0.4) is 0 Å². The summed E-state index contributed by atoms with van der Waals surface area (Å²) in [6.45, 7) is 0.862. The van der Waals surface area contributed by atoms with Gasteiger partial charge in [-0.15, -0.1) is 5.10 Å². The summed E-state index contributed by atoms with van der Waals surface area (Å²) in [5.74, 6) is 0.455. The largest absolute Gasteiger partial charge is 0.394 e. The summed E-state index contributed by atoms with van der Waals surface area (Å²) in [5.41, 5.74) is 0.353. The van der Waals surface area contributed by atoms with Gasteiger partial charge in [-0.25, -0.2) is 14.5 Å². The minimum atomic E-state index is -0.940. The van der Waals surface area contributed by atoms with Gasteiger partial charge in [-0.2, -0.15) is 0 Å². The first-order valence-corrected chi connectivity index (χ1v) is 7.90. The van der Waals surface area contributed by atoms with Crippen molar-refractivity contribution in [3.05, 3.63) is 27.0 Å². The Labute approximate surface area is 140 Å². The van der Waals surface area contributed by atoms with Crippen molar-refractivity contribution in [1.82, 2.24) is 33.7 Å². The molecule has 4 heterocycles. The van der Waals surface area contributed by atoms with Crippen molar-refractivity contribution in [3.63, 3.8) is 0 Å². The standard InChI is InChI=1S/C14H17N7O4/c1-18-13(24)10-12-20(3-2-4-21(12)14(18)25)11(15-10)9-6-19(17-16-9)5-8(23)7-22/h6,8,22-23H,2-5,7H2,1H3. The van der Waals surface area contributed by atoms with Gasteiger partial charge in [0.05, 0.1) is 25.5 Å². The highest BCUT2D eigenvalue weighted by Gasteiger charge is 2.25. The summed E-state index contributed by atoms with van der Waals surface area (Å²) in [5, 5.41) is 26.4. The summed E-state index contributed by atoms with van der Waals surface area (Å²) in [4.78, 5) is 29.1. The first-order chi connectivity index (χ1) is 12.0. The topological polar surface area (TPSA) is 133 Å². The number of hydrogen-bond acceptors (Lipinski definition) is 7. The number of rotatable bonds is 4. The molecule has 4 rings (SSSR count). The second-order valence-electron chi connectivity index (χ2n) is 6.07. The number of aryl methyl sites for hydroxylation is 2. The minimum Gasteiger partial charge on any atom is -0.394 e. The van der Waals surface area contributed by atoms with Crippen LogP contribution in [0.15, 0.2) is 15.8 Å². The van der Waals surface area contributed by atoms with E-state index in [4.69, 9.17) is 5.11 Å². The van der Waals surface area contributed by atoms with E-state index < -0.39 is 11.7 Å². The molecule has 0 aromatic carbocycles. The van der Waals surface area contributed by atoms with E-state index in [9.17, 15) is 14.7 Å². The summed E-state index contributed by atoms with van der Waals surface area (Å²) < 4.78 is 5.81. The molecule has 0 fully saturated rings. The van der Waals surface area contributed by atoms with Crippen LogP contribution < -0.4 is 11.2 Å². The Morgan fingerprint density at radius 2 is 2.04 bits per heavy atom. The zero-order valence-electron chi connectivity index (χ0n) is 13.5. The average Bonchev–Trinajstić information content (AvgIpc) is 3.22. The molecule has 0 spiro atoms. The fourth-order valence-electron chi connectivity index (χ4n) is 3.14. The van der Waals surface area contributed by atoms with E-state index >= 15 is 0 Å². The van der Waals surface area contributed by atoms with E-state index in [0.29, 0.717) is 30.3 Å². The molecule has 3 aromatic rings. The monoisotopic (exact) mass is 347 g/mol. The minimum absolute atomic E-state index is 0.0935. The molecule has 0 saturated carbocycles. The maximum atomic E-state index is 12.4. The third-order valence-electron chi connectivity index (χ3n) is 4.36. The van der Waals surface area contributed by atoms with Crippen LogP contribution in [-0.4, -0.2) is 56.6 Å². The predicted molar refractivity (Wildman–Crippen MR) is 86.0 cm³/mol. The van der Waals surface area contributed by atoms with Crippen LogP contribution >= 0.6 is 0 Å². The van der Waals surface area contributed by atoms with Crippen LogP contribution in [0.1, 0.15) is 6.42 Å². The number of aromatic nitrogens is 7. The SMILES string of the molecule is Cn1c(=O)c2nc(-c3cn(CC(O)CO)nn3)n3c2n(c1=O)CCC3. The Balaban J connectivity index is 1.90. The molecule has 1 atom stereocenters. The Kier molecular flexibility index (Phi) is 3.54. The normalized spacial score (nSPS) is 15.0. The van der Waals surface area contributed by atoms with Gasteiger partial charge in [0.25, 0.3) is 5.56 Å². The van der Waals surface area contributed by atoms with E-state index in [2.05, 4.69) is 15.3 Å². The Morgan fingerprint density at radius 1 is 1.28 bits per heavy atom. The Morgan fingerprint density at radius 3 is 2.80 bits per heavy atom. The molecule has 0 radical (unpaired) electrons. The molecule has 2 N–H and O–H groups in total. The van der Waals surface area contributed by atoms with E-state index in [-0.39, 0.29) is 24.4 Å².